The van der Waals surface area contributed by atoms with Gasteiger partial charge in [0.1, 0.15) is 0 Å². The highest BCUT2D eigenvalue weighted by Gasteiger charge is 2.09. The van der Waals surface area contributed by atoms with Crippen molar-refractivity contribution in [1.82, 2.24) is 9.97 Å². The molecule has 0 radical (unpaired) electrons. The number of unbranched alkanes of at least 4 members (excludes halogenated alkanes) is 3. The van der Waals surface area contributed by atoms with Crippen LogP contribution in [0.3, 0.4) is 0 Å². The van der Waals surface area contributed by atoms with Gasteiger partial charge in [-0.2, -0.15) is 0 Å². The number of hydrogen-bond donors (Lipinski definition) is 0. The standard InChI is InChI=1S/C18H18Br2N2/c1-2-3-4-5-6-16-15(20)10-13-8-7-12-9-14(19)11-21-17(12)18(13)22-16/h7-11H,2-6H2,1H3. The third-order valence-corrected chi connectivity index (χ3v) is 5.02. The van der Waals surface area contributed by atoms with Gasteiger partial charge in [0, 0.05) is 25.9 Å². The predicted octanol–water partition coefficient (Wildman–Crippen LogP) is 6.43. The van der Waals surface area contributed by atoms with Crippen LogP contribution in [-0.2, 0) is 6.42 Å². The molecule has 0 atom stereocenters. The molecule has 3 rings (SSSR count). The highest BCUT2D eigenvalue weighted by atomic mass is 79.9. The van der Waals surface area contributed by atoms with Crippen molar-refractivity contribution in [3.05, 3.63) is 45.1 Å². The molecule has 2 heterocycles. The number of aryl methyl sites for hydroxylation is 1. The van der Waals surface area contributed by atoms with E-state index in [2.05, 4.69) is 68.0 Å². The molecule has 0 aliphatic heterocycles. The number of halogens is 2. The van der Waals surface area contributed by atoms with Gasteiger partial charge < -0.3 is 0 Å². The Labute approximate surface area is 147 Å². The van der Waals surface area contributed by atoms with Crippen LogP contribution in [0.4, 0.5) is 0 Å². The molecule has 0 bridgehead atoms. The highest BCUT2D eigenvalue weighted by Crippen LogP contribution is 2.28. The third-order valence-electron chi connectivity index (χ3n) is 3.90. The molecule has 0 unspecified atom stereocenters. The van der Waals surface area contributed by atoms with Crippen molar-refractivity contribution >= 4 is 53.7 Å². The van der Waals surface area contributed by atoms with Gasteiger partial charge in [-0.1, -0.05) is 38.3 Å². The van der Waals surface area contributed by atoms with E-state index in [1.54, 1.807) is 0 Å². The number of aromatic nitrogens is 2. The normalized spacial score (nSPS) is 11.4. The average molecular weight is 422 g/mol. The third kappa shape index (κ3) is 3.33. The lowest BCUT2D eigenvalue weighted by atomic mass is 10.1. The Morgan fingerprint density at radius 3 is 2.50 bits per heavy atom. The van der Waals surface area contributed by atoms with E-state index in [1.165, 1.54) is 25.7 Å². The molecule has 114 valence electrons. The van der Waals surface area contributed by atoms with Gasteiger partial charge in [0.2, 0.25) is 0 Å². The maximum atomic E-state index is 4.91. The Balaban J connectivity index is 2.03. The summed E-state index contributed by atoms with van der Waals surface area (Å²) in [5.41, 5.74) is 3.11. The molecule has 4 heteroatoms. The second-order valence-corrected chi connectivity index (χ2v) is 7.36. The molecule has 0 N–H and O–H groups in total. The van der Waals surface area contributed by atoms with E-state index in [0.717, 1.165) is 42.9 Å². The summed E-state index contributed by atoms with van der Waals surface area (Å²) in [6.45, 7) is 2.24. The first kappa shape index (κ1) is 15.9. The first-order valence-corrected chi connectivity index (χ1v) is 9.31. The van der Waals surface area contributed by atoms with Crippen LogP contribution in [0.15, 0.2) is 39.4 Å². The Hall–Kier alpha value is -1.00. The first-order valence-electron chi connectivity index (χ1n) is 7.72. The molecule has 0 aliphatic rings. The van der Waals surface area contributed by atoms with Gasteiger partial charge in [-0.05, 0) is 56.8 Å². The maximum Gasteiger partial charge on any atom is 0.0968 e. The lowest BCUT2D eigenvalue weighted by molar-refractivity contribution is 0.660. The lowest BCUT2D eigenvalue weighted by Gasteiger charge is -2.08. The number of fused-ring (bicyclic) bond motifs is 3. The molecule has 0 amide bonds. The Morgan fingerprint density at radius 2 is 1.73 bits per heavy atom. The van der Waals surface area contributed by atoms with Crippen LogP contribution in [0.25, 0.3) is 21.8 Å². The van der Waals surface area contributed by atoms with Crippen LogP contribution in [0.2, 0.25) is 0 Å². The molecule has 0 saturated carbocycles. The van der Waals surface area contributed by atoms with Crippen LogP contribution in [0.1, 0.15) is 38.3 Å². The van der Waals surface area contributed by atoms with E-state index < -0.39 is 0 Å². The van der Waals surface area contributed by atoms with Crippen molar-refractivity contribution in [2.45, 2.75) is 39.0 Å². The summed E-state index contributed by atoms with van der Waals surface area (Å²) in [4.78, 5) is 9.47. The van der Waals surface area contributed by atoms with Gasteiger partial charge in [-0.15, -0.1) is 0 Å². The van der Waals surface area contributed by atoms with Crippen molar-refractivity contribution in [1.29, 1.82) is 0 Å². The summed E-state index contributed by atoms with van der Waals surface area (Å²) in [5, 5.41) is 2.25. The van der Waals surface area contributed by atoms with Crippen molar-refractivity contribution < 1.29 is 0 Å². The maximum absolute atomic E-state index is 4.91. The smallest absolute Gasteiger partial charge is 0.0968 e. The van der Waals surface area contributed by atoms with Crippen molar-refractivity contribution in [2.24, 2.45) is 0 Å². The number of nitrogens with zero attached hydrogens (tertiary/aromatic N) is 2. The molecule has 2 nitrogen and oxygen atoms in total. The molecule has 0 aliphatic carbocycles. The second-order valence-electron chi connectivity index (χ2n) is 5.59. The fraction of sp³-hybridized carbons (Fsp3) is 0.333. The summed E-state index contributed by atoms with van der Waals surface area (Å²) in [6.07, 6.45) is 7.87. The molecule has 3 aromatic rings. The van der Waals surface area contributed by atoms with Crippen LogP contribution < -0.4 is 0 Å². The number of hydrogen-bond acceptors (Lipinski definition) is 2. The van der Waals surface area contributed by atoms with Gasteiger partial charge in [0.25, 0.3) is 0 Å². The summed E-state index contributed by atoms with van der Waals surface area (Å²) in [7, 11) is 0. The van der Waals surface area contributed by atoms with E-state index in [0.29, 0.717) is 0 Å². The minimum absolute atomic E-state index is 0.975. The summed E-state index contributed by atoms with van der Waals surface area (Å²) in [6, 6.07) is 8.47. The Bertz CT molecular complexity index is 815. The van der Waals surface area contributed by atoms with Crippen LogP contribution in [-0.4, -0.2) is 9.97 Å². The summed E-state index contributed by atoms with van der Waals surface area (Å²) < 4.78 is 2.10. The average Bonchev–Trinajstić information content (AvgIpc) is 2.51. The van der Waals surface area contributed by atoms with Crippen molar-refractivity contribution in [2.75, 3.05) is 0 Å². The van der Waals surface area contributed by atoms with E-state index >= 15 is 0 Å². The molecule has 0 fully saturated rings. The topological polar surface area (TPSA) is 25.8 Å². The zero-order chi connectivity index (χ0) is 15.5. The molecule has 2 aromatic heterocycles. The van der Waals surface area contributed by atoms with Crippen LogP contribution in [0, 0.1) is 0 Å². The number of benzene rings is 1. The van der Waals surface area contributed by atoms with E-state index in [9.17, 15) is 0 Å². The Morgan fingerprint density at radius 1 is 0.955 bits per heavy atom. The monoisotopic (exact) mass is 420 g/mol. The van der Waals surface area contributed by atoms with Crippen molar-refractivity contribution in [3.63, 3.8) is 0 Å². The molecular formula is C18H18Br2N2. The van der Waals surface area contributed by atoms with E-state index in [1.807, 2.05) is 6.20 Å². The second kappa shape index (κ2) is 7.05. The van der Waals surface area contributed by atoms with Gasteiger partial charge in [0.15, 0.2) is 0 Å². The Kier molecular flexibility index (Phi) is 5.09. The molecular weight excluding hydrogens is 404 g/mol. The quantitative estimate of drug-likeness (QED) is 0.350. The van der Waals surface area contributed by atoms with Gasteiger partial charge in [0.05, 0.1) is 16.7 Å². The van der Waals surface area contributed by atoms with Gasteiger partial charge in [-0.25, -0.2) is 4.98 Å². The minimum Gasteiger partial charge on any atom is -0.253 e. The van der Waals surface area contributed by atoms with Crippen LogP contribution in [0.5, 0.6) is 0 Å². The molecule has 22 heavy (non-hydrogen) atoms. The fourth-order valence-electron chi connectivity index (χ4n) is 2.71. The predicted molar refractivity (Wildman–Crippen MR) is 100 cm³/mol. The largest absolute Gasteiger partial charge is 0.253 e. The van der Waals surface area contributed by atoms with Crippen molar-refractivity contribution in [3.8, 4) is 0 Å². The zero-order valence-electron chi connectivity index (χ0n) is 12.6. The fourth-order valence-corrected chi connectivity index (χ4v) is 3.59. The van der Waals surface area contributed by atoms with E-state index in [-0.39, 0.29) is 0 Å². The molecule has 1 aromatic carbocycles. The minimum atomic E-state index is 0.975. The van der Waals surface area contributed by atoms with Gasteiger partial charge in [-0.3, -0.25) is 4.98 Å². The summed E-state index contributed by atoms with van der Waals surface area (Å²) in [5.74, 6) is 0. The summed E-state index contributed by atoms with van der Waals surface area (Å²) >= 11 is 7.15. The SMILES string of the molecule is CCCCCCc1nc2c(ccc3cc(Br)cnc32)cc1Br. The van der Waals surface area contributed by atoms with Gasteiger partial charge >= 0.3 is 0 Å². The molecule has 0 saturated heterocycles. The number of pyridine rings is 2. The first-order chi connectivity index (χ1) is 10.7. The van der Waals surface area contributed by atoms with Crippen LogP contribution >= 0.6 is 31.9 Å². The van der Waals surface area contributed by atoms with E-state index in [4.69, 9.17) is 4.98 Å². The highest BCUT2D eigenvalue weighted by molar-refractivity contribution is 9.10. The zero-order valence-corrected chi connectivity index (χ0v) is 15.7. The lowest BCUT2D eigenvalue weighted by Crippen LogP contribution is -1.95. The number of rotatable bonds is 5. The molecule has 0 spiro atoms.